The minimum atomic E-state index is -1.12. The van der Waals surface area contributed by atoms with E-state index in [1.165, 1.54) is 60.8 Å². The zero-order chi connectivity index (χ0) is 22.2. The van der Waals surface area contributed by atoms with Crippen molar-refractivity contribution in [1.29, 1.82) is 0 Å². The standard InChI is InChI=1S/C26H46N2P2/c1-9-29(10-2,11-3)25(7)21-26(22-25,30(12-4,13-5)14-6)28-20-16-17-23-24(28)18-15-19-27(23)8/h15-20H,9-14,21-22H2,1-8H3/q+4. The van der Waals surface area contributed by atoms with Crippen LogP contribution in [0.3, 0.4) is 0 Å². The summed E-state index contributed by atoms with van der Waals surface area (Å²) >= 11 is 0. The van der Waals surface area contributed by atoms with Crippen molar-refractivity contribution in [2.45, 2.75) is 71.7 Å². The molecule has 0 N–H and O–H groups in total. The first kappa shape index (κ1) is 24.1. The number of nitrogens with zero attached hydrogens (tertiary/aromatic N) is 2. The monoisotopic (exact) mass is 448 g/mol. The minimum absolute atomic E-state index is 0.332. The Morgan fingerprint density at radius 1 is 0.733 bits per heavy atom. The molecular formula is C26H46N2P2+4. The van der Waals surface area contributed by atoms with Gasteiger partial charge in [0.1, 0.15) is 7.05 Å². The van der Waals surface area contributed by atoms with Crippen molar-refractivity contribution in [3.63, 3.8) is 0 Å². The molecule has 166 valence electrons. The van der Waals surface area contributed by atoms with E-state index in [2.05, 4.69) is 101 Å². The zero-order valence-electron chi connectivity index (χ0n) is 20.9. The van der Waals surface area contributed by atoms with Gasteiger partial charge in [-0.25, -0.2) is 0 Å². The predicted molar refractivity (Wildman–Crippen MR) is 138 cm³/mol. The molecule has 0 spiro atoms. The summed E-state index contributed by atoms with van der Waals surface area (Å²) in [4.78, 5) is 0. The molecule has 2 aromatic rings. The van der Waals surface area contributed by atoms with Gasteiger partial charge in [0, 0.05) is 31.5 Å². The van der Waals surface area contributed by atoms with Crippen molar-refractivity contribution >= 4 is 25.6 Å². The smallest absolute Gasteiger partial charge is 0.196 e. The molecule has 0 bridgehead atoms. The van der Waals surface area contributed by atoms with Crippen LogP contribution >= 0.6 is 14.5 Å². The quantitative estimate of drug-likeness (QED) is 0.314. The summed E-state index contributed by atoms with van der Waals surface area (Å²) in [6, 6.07) is 9.19. The highest BCUT2D eigenvalue weighted by Crippen LogP contribution is 2.85. The van der Waals surface area contributed by atoms with Gasteiger partial charge >= 0.3 is 0 Å². The molecule has 0 aliphatic heterocycles. The molecule has 0 radical (unpaired) electrons. The number of aryl methyl sites for hydroxylation is 1. The first-order valence-corrected chi connectivity index (χ1v) is 17.0. The van der Waals surface area contributed by atoms with E-state index in [9.17, 15) is 0 Å². The van der Waals surface area contributed by atoms with Crippen molar-refractivity contribution in [3.8, 4) is 0 Å². The molecule has 0 unspecified atom stereocenters. The van der Waals surface area contributed by atoms with E-state index >= 15 is 0 Å². The lowest BCUT2D eigenvalue weighted by Gasteiger charge is -2.57. The number of rotatable bonds is 9. The SMILES string of the molecule is CC[P+](CC)(CC)C1(C)CC([n+]2cccc3c2ccc[n+]3C)([P+](CC)(CC)CC)C1. The second kappa shape index (κ2) is 8.75. The highest BCUT2D eigenvalue weighted by Gasteiger charge is 2.79. The van der Waals surface area contributed by atoms with E-state index in [0.29, 0.717) is 10.4 Å². The van der Waals surface area contributed by atoms with Crippen molar-refractivity contribution < 1.29 is 9.13 Å². The molecular weight excluding hydrogens is 402 g/mol. The van der Waals surface area contributed by atoms with Gasteiger partial charge in [0.2, 0.25) is 0 Å². The van der Waals surface area contributed by atoms with E-state index in [-0.39, 0.29) is 0 Å². The Balaban J connectivity index is 2.25. The predicted octanol–water partition coefficient (Wildman–Crippen LogP) is 6.31. The van der Waals surface area contributed by atoms with Crippen molar-refractivity contribution in [3.05, 3.63) is 36.7 Å². The highest BCUT2D eigenvalue weighted by molar-refractivity contribution is 7.78. The molecule has 1 aliphatic rings. The topological polar surface area (TPSA) is 7.76 Å². The van der Waals surface area contributed by atoms with Crippen LogP contribution in [0.5, 0.6) is 0 Å². The van der Waals surface area contributed by atoms with E-state index in [4.69, 9.17) is 0 Å². The lowest BCUT2D eigenvalue weighted by atomic mass is 9.79. The molecule has 2 heterocycles. The molecule has 2 aromatic heterocycles. The number of hydrogen-bond acceptors (Lipinski definition) is 0. The van der Waals surface area contributed by atoms with Crippen LogP contribution in [-0.4, -0.2) is 42.1 Å². The van der Waals surface area contributed by atoms with Crippen molar-refractivity contribution in [2.24, 2.45) is 7.05 Å². The largest absolute Gasteiger partial charge is 0.281 e. The summed E-state index contributed by atoms with van der Waals surface area (Å²) in [5, 5.41) is 0.876. The zero-order valence-corrected chi connectivity index (χ0v) is 22.7. The molecule has 0 atom stereocenters. The Hall–Kier alpha value is -0.580. The van der Waals surface area contributed by atoms with E-state index in [1.54, 1.807) is 0 Å². The molecule has 1 saturated carbocycles. The Morgan fingerprint density at radius 3 is 1.70 bits per heavy atom. The fourth-order valence-electron chi connectivity index (χ4n) is 7.29. The third-order valence-electron chi connectivity index (χ3n) is 9.39. The lowest BCUT2D eigenvalue weighted by Crippen LogP contribution is -2.71. The summed E-state index contributed by atoms with van der Waals surface area (Å²) in [7, 11) is 0.136. The van der Waals surface area contributed by atoms with Crippen LogP contribution in [0.2, 0.25) is 0 Å². The molecule has 0 aromatic carbocycles. The van der Waals surface area contributed by atoms with Gasteiger partial charge in [0.15, 0.2) is 12.4 Å². The van der Waals surface area contributed by atoms with Crippen molar-refractivity contribution in [1.82, 2.24) is 0 Å². The molecule has 1 fully saturated rings. The Bertz CT molecular complexity index is 861. The van der Waals surface area contributed by atoms with Gasteiger partial charge in [0.25, 0.3) is 16.3 Å². The summed E-state index contributed by atoms with van der Waals surface area (Å²) in [6.45, 7) is 17.6. The van der Waals surface area contributed by atoms with E-state index in [0.717, 1.165) is 0 Å². The Morgan fingerprint density at radius 2 is 1.20 bits per heavy atom. The average molecular weight is 449 g/mol. The van der Waals surface area contributed by atoms with Gasteiger partial charge in [-0.15, -0.1) is 0 Å². The summed E-state index contributed by atoms with van der Waals surface area (Å²) in [5.74, 6) is 0. The molecule has 0 amide bonds. The maximum atomic E-state index is 2.78. The van der Waals surface area contributed by atoms with Crippen LogP contribution in [-0.2, 0) is 12.3 Å². The fourth-order valence-corrected chi connectivity index (χ4v) is 17.5. The van der Waals surface area contributed by atoms with Crippen LogP contribution in [0.4, 0.5) is 0 Å². The molecule has 30 heavy (non-hydrogen) atoms. The van der Waals surface area contributed by atoms with Gasteiger partial charge in [-0.1, -0.05) is 0 Å². The molecule has 1 aliphatic carbocycles. The molecule has 3 rings (SSSR count). The van der Waals surface area contributed by atoms with Crippen LogP contribution < -0.4 is 9.13 Å². The summed E-state index contributed by atoms with van der Waals surface area (Å²) in [5.41, 5.74) is 2.79. The Kier molecular flexibility index (Phi) is 7.02. The third kappa shape index (κ3) is 3.19. The maximum absolute atomic E-state index is 2.78. The average Bonchev–Trinajstić information content (AvgIpc) is 2.75. The van der Waals surface area contributed by atoms with Crippen molar-refractivity contribution in [2.75, 3.05) is 37.0 Å². The number of hydrogen-bond donors (Lipinski definition) is 0. The van der Waals surface area contributed by atoms with Gasteiger partial charge in [-0.3, -0.25) is 0 Å². The van der Waals surface area contributed by atoms with E-state index in [1.807, 2.05) is 0 Å². The summed E-state index contributed by atoms with van der Waals surface area (Å²) < 4.78 is 5.08. The second-order valence-electron chi connectivity index (χ2n) is 9.79. The molecule has 4 heteroatoms. The first-order chi connectivity index (χ1) is 14.3. The number of pyridine rings is 2. The van der Waals surface area contributed by atoms with Crippen LogP contribution in [0.25, 0.3) is 11.0 Å². The normalized spacial score (nSPS) is 24.8. The fraction of sp³-hybridized carbons (Fsp3) is 0.692. The minimum Gasteiger partial charge on any atom is -0.196 e. The first-order valence-electron chi connectivity index (χ1n) is 12.3. The van der Waals surface area contributed by atoms with Gasteiger partial charge in [0.05, 0.1) is 62.2 Å². The van der Waals surface area contributed by atoms with Crippen LogP contribution in [0, 0.1) is 0 Å². The summed E-state index contributed by atoms with van der Waals surface area (Å²) in [6.07, 6.45) is 15.8. The second-order valence-corrected chi connectivity index (χ2v) is 20.1. The van der Waals surface area contributed by atoms with Crippen LogP contribution in [0.1, 0.15) is 61.3 Å². The highest BCUT2D eigenvalue weighted by atomic mass is 31.2. The Labute approximate surface area is 187 Å². The molecule has 0 saturated heterocycles. The number of fused-ring (bicyclic) bond motifs is 1. The van der Waals surface area contributed by atoms with Gasteiger partial charge in [-0.05, 0) is 48.5 Å². The van der Waals surface area contributed by atoms with Gasteiger partial charge < -0.3 is 0 Å². The van der Waals surface area contributed by atoms with Gasteiger partial charge in [-0.2, -0.15) is 9.13 Å². The lowest BCUT2D eigenvalue weighted by molar-refractivity contribution is -0.735. The van der Waals surface area contributed by atoms with E-state index < -0.39 is 14.5 Å². The number of aromatic nitrogens is 2. The third-order valence-corrected chi connectivity index (χ3v) is 21.6. The maximum Gasteiger partial charge on any atom is 0.281 e. The molecule has 2 nitrogen and oxygen atoms in total. The van der Waals surface area contributed by atoms with Crippen LogP contribution in [0.15, 0.2) is 36.7 Å².